The lowest BCUT2D eigenvalue weighted by Gasteiger charge is -2.27. The number of thiazole rings is 1. The van der Waals surface area contributed by atoms with E-state index in [-0.39, 0.29) is 11.3 Å². The van der Waals surface area contributed by atoms with Crippen LogP contribution in [0, 0.1) is 11.3 Å². The smallest absolute Gasteiger partial charge is 0.251 e. The van der Waals surface area contributed by atoms with Gasteiger partial charge in [-0.3, -0.25) is 9.69 Å². The van der Waals surface area contributed by atoms with Gasteiger partial charge in [0.2, 0.25) is 0 Å². The van der Waals surface area contributed by atoms with Crippen LogP contribution in [0.5, 0.6) is 0 Å². The number of hydrogen-bond donors (Lipinski definition) is 1. The second kappa shape index (κ2) is 6.63. The number of benzene rings is 1. The lowest BCUT2D eigenvalue weighted by atomic mass is 9.81. The quantitative estimate of drug-likeness (QED) is 0.902. The van der Waals surface area contributed by atoms with E-state index < -0.39 is 0 Å². The van der Waals surface area contributed by atoms with Gasteiger partial charge in [0.1, 0.15) is 5.01 Å². The molecule has 2 atom stereocenters. The minimum Gasteiger partial charge on any atom is -0.380 e. The fourth-order valence-electron chi connectivity index (χ4n) is 3.78. The minimum absolute atomic E-state index is 0.00556. The van der Waals surface area contributed by atoms with E-state index in [2.05, 4.69) is 15.2 Å². The molecule has 24 heavy (non-hydrogen) atoms. The van der Waals surface area contributed by atoms with Gasteiger partial charge in [0.25, 0.3) is 5.91 Å². The third kappa shape index (κ3) is 3.09. The van der Waals surface area contributed by atoms with Crippen LogP contribution in [-0.2, 0) is 11.3 Å². The van der Waals surface area contributed by atoms with Gasteiger partial charge in [-0.15, -0.1) is 11.3 Å². The first kappa shape index (κ1) is 15.7. The fourth-order valence-corrected chi connectivity index (χ4v) is 4.44. The van der Waals surface area contributed by atoms with Crippen molar-refractivity contribution < 1.29 is 9.53 Å². The highest BCUT2D eigenvalue weighted by molar-refractivity contribution is 7.09. The summed E-state index contributed by atoms with van der Waals surface area (Å²) in [4.78, 5) is 19.2. The highest BCUT2D eigenvalue weighted by Crippen LogP contribution is 2.41. The standard InChI is InChI=1S/C18H21N3O2S/c22-17(14-4-2-1-3-5-14)20-11-18-12-21(8-15(18)10-23-13-18)9-16-19-6-7-24-16/h1-7,15H,8-13H2,(H,20,22)/t15-,18+/m1/s1. The van der Waals surface area contributed by atoms with Crippen LogP contribution in [0.2, 0.25) is 0 Å². The maximum atomic E-state index is 12.4. The SMILES string of the molecule is O=C(NC[C@]12COC[C@H]1CN(Cc1nccs1)C2)c1ccccc1. The Morgan fingerprint density at radius 2 is 2.29 bits per heavy atom. The second-order valence-electron chi connectivity index (χ2n) is 6.72. The Morgan fingerprint density at radius 1 is 1.42 bits per heavy atom. The van der Waals surface area contributed by atoms with Gasteiger partial charge >= 0.3 is 0 Å². The number of likely N-dealkylation sites (tertiary alicyclic amines) is 1. The predicted molar refractivity (Wildman–Crippen MR) is 92.9 cm³/mol. The van der Waals surface area contributed by atoms with Crippen LogP contribution in [0.25, 0.3) is 0 Å². The van der Waals surface area contributed by atoms with Crippen LogP contribution in [0.1, 0.15) is 15.4 Å². The van der Waals surface area contributed by atoms with Gasteiger partial charge in [0.15, 0.2) is 0 Å². The first-order chi connectivity index (χ1) is 11.8. The molecule has 1 N–H and O–H groups in total. The summed E-state index contributed by atoms with van der Waals surface area (Å²) in [5.74, 6) is 0.475. The van der Waals surface area contributed by atoms with Crippen LogP contribution in [0.4, 0.5) is 0 Å². The molecule has 2 aliphatic heterocycles. The number of nitrogens with one attached hydrogen (secondary N) is 1. The Bertz CT molecular complexity index is 692. The van der Waals surface area contributed by atoms with Gasteiger partial charge in [-0.25, -0.2) is 4.98 Å². The van der Waals surface area contributed by atoms with E-state index >= 15 is 0 Å². The third-order valence-electron chi connectivity index (χ3n) is 5.07. The molecule has 3 heterocycles. The molecular formula is C18H21N3O2S. The minimum atomic E-state index is -0.00556. The Morgan fingerprint density at radius 3 is 3.08 bits per heavy atom. The van der Waals surface area contributed by atoms with E-state index in [1.807, 2.05) is 41.9 Å². The van der Waals surface area contributed by atoms with Gasteiger partial charge in [0, 0.05) is 48.1 Å². The molecule has 0 spiro atoms. The summed E-state index contributed by atoms with van der Waals surface area (Å²) >= 11 is 1.70. The number of fused-ring (bicyclic) bond motifs is 1. The molecule has 1 amide bonds. The molecule has 2 aromatic rings. The summed E-state index contributed by atoms with van der Waals surface area (Å²) in [5.41, 5.74) is 0.740. The van der Waals surface area contributed by atoms with E-state index in [0.29, 0.717) is 18.0 Å². The van der Waals surface area contributed by atoms with Gasteiger partial charge < -0.3 is 10.1 Å². The third-order valence-corrected chi connectivity index (χ3v) is 5.84. The molecule has 126 valence electrons. The van der Waals surface area contributed by atoms with E-state index in [9.17, 15) is 4.79 Å². The largest absolute Gasteiger partial charge is 0.380 e. The van der Waals surface area contributed by atoms with Crippen LogP contribution in [0.15, 0.2) is 41.9 Å². The first-order valence-corrected chi connectivity index (χ1v) is 9.15. The molecule has 0 unspecified atom stereocenters. The molecular weight excluding hydrogens is 322 g/mol. The number of amides is 1. The van der Waals surface area contributed by atoms with Gasteiger partial charge in [0.05, 0.1) is 19.8 Å². The van der Waals surface area contributed by atoms with E-state index in [1.165, 1.54) is 0 Å². The lowest BCUT2D eigenvalue weighted by Crippen LogP contribution is -2.43. The molecule has 2 aliphatic rings. The van der Waals surface area contributed by atoms with Crippen LogP contribution in [0.3, 0.4) is 0 Å². The molecule has 0 bridgehead atoms. The van der Waals surface area contributed by atoms with Crippen molar-refractivity contribution in [3.05, 3.63) is 52.5 Å². The van der Waals surface area contributed by atoms with Crippen molar-refractivity contribution in [1.82, 2.24) is 15.2 Å². The average Bonchev–Trinajstić information content (AvgIpc) is 3.30. The van der Waals surface area contributed by atoms with Gasteiger partial charge in [-0.2, -0.15) is 0 Å². The van der Waals surface area contributed by atoms with Crippen molar-refractivity contribution in [2.45, 2.75) is 6.54 Å². The zero-order valence-corrected chi connectivity index (χ0v) is 14.3. The summed E-state index contributed by atoms with van der Waals surface area (Å²) in [6.07, 6.45) is 1.86. The Balaban J connectivity index is 1.40. The van der Waals surface area contributed by atoms with E-state index in [0.717, 1.165) is 37.9 Å². The number of rotatable bonds is 5. The zero-order valence-electron chi connectivity index (χ0n) is 13.5. The number of hydrogen-bond acceptors (Lipinski definition) is 5. The first-order valence-electron chi connectivity index (χ1n) is 8.27. The number of carbonyl (C=O) groups is 1. The number of ether oxygens (including phenoxy) is 1. The molecule has 1 aromatic heterocycles. The maximum Gasteiger partial charge on any atom is 0.251 e. The van der Waals surface area contributed by atoms with Crippen molar-refractivity contribution in [2.24, 2.45) is 11.3 Å². The number of carbonyl (C=O) groups excluding carboxylic acids is 1. The van der Waals surface area contributed by atoms with Crippen molar-refractivity contribution in [3.63, 3.8) is 0 Å². The molecule has 5 nitrogen and oxygen atoms in total. The average molecular weight is 343 g/mol. The van der Waals surface area contributed by atoms with Gasteiger partial charge in [-0.05, 0) is 12.1 Å². The van der Waals surface area contributed by atoms with Crippen molar-refractivity contribution >= 4 is 17.2 Å². The number of nitrogens with zero attached hydrogens (tertiary/aromatic N) is 2. The van der Waals surface area contributed by atoms with Crippen LogP contribution >= 0.6 is 11.3 Å². The van der Waals surface area contributed by atoms with Crippen molar-refractivity contribution in [3.8, 4) is 0 Å². The monoisotopic (exact) mass is 343 g/mol. The molecule has 0 aliphatic carbocycles. The Kier molecular flexibility index (Phi) is 4.35. The molecule has 1 aromatic carbocycles. The zero-order chi connectivity index (χ0) is 16.4. The Hall–Kier alpha value is -1.76. The van der Waals surface area contributed by atoms with E-state index in [4.69, 9.17) is 4.74 Å². The number of aromatic nitrogens is 1. The molecule has 4 rings (SSSR count). The summed E-state index contributed by atoms with van der Waals surface area (Å²) in [5, 5.41) is 6.30. The summed E-state index contributed by atoms with van der Waals surface area (Å²) in [7, 11) is 0. The summed E-state index contributed by atoms with van der Waals surface area (Å²) in [6, 6.07) is 9.39. The predicted octanol–water partition coefficient (Wildman–Crippen LogP) is 2.02. The molecule has 6 heteroatoms. The summed E-state index contributed by atoms with van der Waals surface area (Å²) < 4.78 is 5.75. The molecule has 0 saturated carbocycles. The maximum absolute atomic E-state index is 12.4. The topological polar surface area (TPSA) is 54.5 Å². The van der Waals surface area contributed by atoms with Gasteiger partial charge in [-0.1, -0.05) is 18.2 Å². The molecule has 2 saturated heterocycles. The highest BCUT2D eigenvalue weighted by Gasteiger charge is 2.50. The van der Waals surface area contributed by atoms with Crippen molar-refractivity contribution in [1.29, 1.82) is 0 Å². The van der Waals surface area contributed by atoms with Crippen LogP contribution < -0.4 is 5.32 Å². The molecule has 2 fully saturated rings. The molecule has 0 radical (unpaired) electrons. The van der Waals surface area contributed by atoms with Crippen molar-refractivity contribution in [2.75, 3.05) is 32.8 Å². The Labute approximate surface area is 145 Å². The summed E-state index contributed by atoms with van der Waals surface area (Å²) in [6.45, 7) is 5.03. The normalized spacial score (nSPS) is 26.4. The van der Waals surface area contributed by atoms with Crippen LogP contribution in [-0.4, -0.2) is 48.6 Å². The fraction of sp³-hybridized carbons (Fsp3) is 0.444. The van der Waals surface area contributed by atoms with E-state index in [1.54, 1.807) is 11.3 Å². The second-order valence-corrected chi connectivity index (χ2v) is 7.70. The highest BCUT2D eigenvalue weighted by atomic mass is 32.1. The lowest BCUT2D eigenvalue weighted by molar-refractivity contribution is 0.0904.